The van der Waals surface area contributed by atoms with Gasteiger partial charge in [-0.2, -0.15) is 5.10 Å². The zero-order valence-corrected chi connectivity index (χ0v) is 14.0. The molecule has 2 heterocycles. The maximum atomic E-state index is 12.3. The summed E-state index contributed by atoms with van der Waals surface area (Å²) in [6, 6.07) is 1.65. The summed E-state index contributed by atoms with van der Waals surface area (Å²) in [5, 5.41) is 4.21. The quantitative estimate of drug-likeness (QED) is 0.907. The Morgan fingerprint density at radius 1 is 1.53 bits per heavy atom. The number of rotatable bonds is 4. The van der Waals surface area contributed by atoms with Gasteiger partial charge in [0.15, 0.2) is 0 Å². The highest BCUT2D eigenvalue weighted by atomic mass is 79.9. The summed E-state index contributed by atoms with van der Waals surface area (Å²) in [6.07, 6.45) is 2.34. The topological polar surface area (TPSA) is 64.0 Å². The Balaban J connectivity index is 2.36. The van der Waals surface area contributed by atoms with Crippen LogP contribution in [0.3, 0.4) is 0 Å². The summed E-state index contributed by atoms with van der Waals surface area (Å²) in [7, 11) is -1.78. The van der Waals surface area contributed by atoms with Gasteiger partial charge < -0.3 is 0 Å². The molecule has 0 radical (unpaired) electrons. The van der Waals surface area contributed by atoms with Crippen LogP contribution in [0.5, 0.6) is 0 Å². The van der Waals surface area contributed by atoms with E-state index in [4.69, 9.17) is 0 Å². The first kappa shape index (κ1) is 14.5. The molecule has 0 atom stereocenters. The lowest BCUT2D eigenvalue weighted by Gasteiger charge is -2.04. The summed E-state index contributed by atoms with van der Waals surface area (Å²) in [4.78, 5) is 0. The third-order valence-corrected chi connectivity index (χ3v) is 6.56. The van der Waals surface area contributed by atoms with Crippen molar-refractivity contribution in [2.24, 2.45) is 7.05 Å². The van der Waals surface area contributed by atoms with Gasteiger partial charge in [-0.1, -0.05) is 6.92 Å². The van der Waals surface area contributed by atoms with Crippen LogP contribution < -0.4 is 4.72 Å². The highest BCUT2D eigenvalue weighted by Crippen LogP contribution is 2.31. The van der Waals surface area contributed by atoms with E-state index in [1.165, 1.54) is 11.3 Å². The molecule has 0 saturated heterocycles. The molecule has 0 spiro atoms. The molecule has 2 aromatic heterocycles. The summed E-state index contributed by atoms with van der Waals surface area (Å²) < 4.78 is 29.9. The van der Waals surface area contributed by atoms with Gasteiger partial charge in [0, 0.05) is 13.2 Å². The monoisotopic (exact) mass is 363 g/mol. The van der Waals surface area contributed by atoms with Crippen molar-refractivity contribution in [3.05, 3.63) is 27.3 Å². The van der Waals surface area contributed by atoms with Crippen molar-refractivity contribution in [3.8, 4) is 0 Å². The SMILES string of the molecule is CCc1nn(C)cc1NS(=O)(=O)c1cc(C)c(Br)s1. The van der Waals surface area contributed by atoms with Crippen LogP contribution in [0.4, 0.5) is 5.69 Å². The van der Waals surface area contributed by atoms with Crippen molar-refractivity contribution in [3.63, 3.8) is 0 Å². The number of nitrogens with one attached hydrogen (secondary N) is 1. The molecule has 0 aromatic carbocycles. The molecule has 8 heteroatoms. The van der Waals surface area contributed by atoms with Gasteiger partial charge in [-0.05, 0) is 40.9 Å². The molecule has 0 bridgehead atoms. The first-order chi connectivity index (χ1) is 8.83. The molecule has 0 amide bonds. The van der Waals surface area contributed by atoms with Gasteiger partial charge >= 0.3 is 0 Å². The number of aryl methyl sites for hydroxylation is 3. The largest absolute Gasteiger partial charge is 0.275 e. The lowest BCUT2D eigenvalue weighted by atomic mass is 10.3. The average molecular weight is 364 g/mol. The van der Waals surface area contributed by atoms with E-state index >= 15 is 0 Å². The molecule has 5 nitrogen and oxygen atoms in total. The van der Waals surface area contributed by atoms with Crippen LogP contribution in [-0.2, 0) is 23.5 Å². The van der Waals surface area contributed by atoms with Crippen LogP contribution in [0.25, 0.3) is 0 Å². The number of aromatic nitrogens is 2. The molecule has 0 aliphatic rings. The minimum Gasteiger partial charge on any atom is -0.275 e. The number of anilines is 1. The third-order valence-electron chi connectivity index (χ3n) is 2.58. The van der Waals surface area contributed by atoms with Crippen molar-refractivity contribution in [2.75, 3.05) is 4.72 Å². The van der Waals surface area contributed by atoms with E-state index in [1.807, 2.05) is 13.8 Å². The van der Waals surface area contributed by atoms with E-state index in [2.05, 4.69) is 25.8 Å². The number of nitrogens with zero attached hydrogens (tertiary/aromatic N) is 2. The van der Waals surface area contributed by atoms with Crippen LogP contribution in [0.2, 0.25) is 0 Å². The van der Waals surface area contributed by atoms with Gasteiger partial charge in [-0.25, -0.2) is 8.42 Å². The first-order valence-corrected chi connectivity index (χ1v) is 8.74. The van der Waals surface area contributed by atoms with E-state index in [0.717, 1.165) is 15.0 Å². The fourth-order valence-electron chi connectivity index (χ4n) is 1.64. The zero-order chi connectivity index (χ0) is 14.2. The van der Waals surface area contributed by atoms with E-state index in [-0.39, 0.29) is 0 Å². The van der Waals surface area contributed by atoms with Gasteiger partial charge in [-0.3, -0.25) is 9.40 Å². The fraction of sp³-hybridized carbons (Fsp3) is 0.364. The average Bonchev–Trinajstić information content (AvgIpc) is 2.83. The zero-order valence-electron chi connectivity index (χ0n) is 10.8. The smallest absolute Gasteiger partial charge is 0.271 e. The van der Waals surface area contributed by atoms with Gasteiger partial charge in [0.2, 0.25) is 0 Å². The van der Waals surface area contributed by atoms with E-state index in [1.54, 1.807) is 24.0 Å². The maximum Gasteiger partial charge on any atom is 0.271 e. The van der Waals surface area contributed by atoms with Gasteiger partial charge in [-0.15, -0.1) is 11.3 Å². The molecule has 0 saturated carbocycles. The second kappa shape index (κ2) is 5.26. The summed E-state index contributed by atoms with van der Waals surface area (Å²) in [6.45, 7) is 3.80. The van der Waals surface area contributed by atoms with Crippen LogP contribution in [-0.4, -0.2) is 18.2 Å². The second-order valence-corrected chi connectivity index (χ2v) is 8.42. The summed E-state index contributed by atoms with van der Waals surface area (Å²) in [5.74, 6) is 0. The van der Waals surface area contributed by atoms with Crippen LogP contribution >= 0.6 is 27.3 Å². The molecule has 0 fully saturated rings. The van der Waals surface area contributed by atoms with E-state index in [9.17, 15) is 8.42 Å². The Labute approximate surface area is 124 Å². The molecule has 0 aliphatic heterocycles. The highest BCUT2D eigenvalue weighted by molar-refractivity contribution is 9.11. The molecule has 0 aliphatic carbocycles. The predicted molar refractivity (Wildman–Crippen MR) is 80.2 cm³/mol. The molecular formula is C11H14BrN3O2S2. The number of thiophene rings is 1. The molecule has 2 rings (SSSR count). The Kier molecular flexibility index (Phi) is 4.03. The van der Waals surface area contributed by atoms with Crippen LogP contribution in [0.1, 0.15) is 18.2 Å². The number of hydrogen-bond donors (Lipinski definition) is 1. The maximum absolute atomic E-state index is 12.3. The molecule has 104 valence electrons. The van der Waals surface area contributed by atoms with Gasteiger partial charge in [0.1, 0.15) is 4.21 Å². The van der Waals surface area contributed by atoms with Crippen molar-refractivity contribution in [1.82, 2.24) is 9.78 Å². The van der Waals surface area contributed by atoms with E-state index in [0.29, 0.717) is 16.3 Å². The van der Waals surface area contributed by atoms with Gasteiger partial charge in [0.25, 0.3) is 10.0 Å². The Morgan fingerprint density at radius 2 is 2.21 bits per heavy atom. The summed E-state index contributed by atoms with van der Waals surface area (Å²) >= 11 is 4.54. The van der Waals surface area contributed by atoms with Crippen molar-refractivity contribution in [2.45, 2.75) is 24.5 Å². The minimum atomic E-state index is -3.55. The standard InChI is InChI=1S/C11H14BrN3O2S2/c1-4-8-9(6-15(3)13-8)14-19(16,17)10-5-7(2)11(12)18-10/h5-6,14H,4H2,1-3H3. The molecule has 2 aromatic rings. The van der Waals surface area contributed by atoms with Crippen molar-refractivity contribution in [1.29, 1.82) is 0 Å². The molecule has 19 heavy (non-hydrogen) atoms. The van der Waals surface area contributed by atoms with Crippen LogP contribution in [0.15, 0.2) is 20.3 Å². The third kappa shape index (κ3) is 3.01. The minimum absolute atomic E-state index is 0.294. The second-order valence-electron chi connectivity index (χ2n) is 4.14. The van der Waals surface area contributed by atoms with Crippen molar-refractivity contribution >= 4 is 43.0 Å². The normalized spacial score (nSPS) is 11.8. The number of halogens is 1. The summed E-state index contributed by atoms with van der Waals surface area (Å²) in [5.41, 5.74) is 2.18. The molecular weight excluding hydrogens is 350 g/mol. The Hall–Kier alpha value is -0.860. The van der Waals surface area contributed by atoms with Crippen LogP contribution in [0, 0.1) is 6.92 Å². The van der Waals surface area contributed by atoms with Gasteiger partial charge in [0.05, 0.1) is 15.2 Å². The lowest BCUT2D eigenvalue weighted by molar-refractivity contribution is 0.603. The first-order valence-electron chi connectivity index (χ1n) is 5.64. The molecule has 1 N–H and O–H groups in total. The van der Waals surface area contributed by atoms with Crippen molar-refractivity contribution < 1.29 is 8.42 Å². The number of sulfonamides is 1. The highest BCUT2D eigenvalue weighted by Gasteiger charge is 2.20. The lowest BCUT2D eigenvalue weighted by Crippen LogP contribution is -2.12. The molecule has 0 unspecified atom stereocenters. The van der Waals surface area contributed by atoms with E-state index < -0.39 is 10.0 Å². The number of hydrogen-bond acceptors (Lipinski definition) is 4. The Morgan fingerprint density at radius 3 is 2.74 bits per heavy atom. The fourth-order valence-corrected chi connectivity index (χ4v) is 4.94. The Bertz CT molecular complexity index is 684. The predicted octanol–water partition coefficient (Wildman–Crippen LogP) is 2.92.